The molecule has 3 aromatic carbocycles. The van der Waals surface area contributed by atoms with Crippen molar-refractivity contribution in [1.29, 1.82) is 0 Å². The number of aromatic nitrogens is 3. The molecule has 0 saturated carbocycles. The number of pyridine rings is 1. The topological polar surface area (TPSA) is 143 Å². The van der Waals surface area contributed by atoms with Gasteiger partial charge in [0.2, 0.25) is 0 Å². The third-order valence-corrected chi connectivity index (χ3v) is 11.2. The van der Waals surface area contributed by atoms with Gasteiger partial charge in [0.1, 0.15) is 0 Å². The standard InChI is InChI=1S/C47H56N8O5/c1-6-42-40(43(51-39-17-21-59-22-18-39)41-28-50-55(7-2)44(41)52-42)27-49-46(57)38-16-10-15-37(25-38)45(56)48-26-33-11-8-13-35(23-33)36-14-9-12-34(24-36)30-53-19-20-54(32(5)29-53)47(58)60-31(3)4/h8-16,23-25,28,32,39H,3,6-7,17-22,26-27,29-30H2,1-2,4-5H3,(H,48,56)(H,49,57)(H,51,52)/t32-/m0/s1. The highest BCUT2D eigenvalue weighted by Crippen LogP contribution is 2.31. The molecule has 0 unspecified atom stereocenters. The van der Waals surface area contributed by atoms with Gasteiger partial charge in [0.15, 0.2) is 5.65 Å². The molecule has 3 N–H and O–H groups in total. The maximum atomic E-state index is 13.6. The SMILES string of the molecule is C=C(C)OC(=O)N1CCN(Cc2cccc(-c3cccc(CNC(=O)c4cccc(C(=O)NCc5c(CC)nc6c(cnn6CC)c5NC5CCOCC5)c4)c3)c2)C[C@@H]1C. The van der Waals surface area contributed by atoms with E-state index in [4.69, 9.17) is 14.5 Å². The Morgan fingerprint density at radius 1 is 0.883 bits per heavy atom. The van der Waals surface area contributed by atoms with Crippen molar-refractivity contribution in [2.45, 2.75) is 85.2 Å². The van der Waals surface area contributed by atoms with E-state index in [0.717, 1.165) is 77.1 Å². The predicted molar refractivity (Wildman–Crippen MR) is 233 cm³/mol. The van der Waals surface area contributed by atoms with Crippen molar-refractivity contribution in [3.05, 3.63) is 125 Å². The number of hydrogen-bond acceptors (Lipinski definition) is 9. The van der Waals surface area contributed by atoms with Crippen LogP contribution in [0.5, 0.6) is 0 Å². The van der Waals surface area contributed by atoms with Crippen molar-refractivity contribution in [2.75, 3.05) is 38.2 Å². The summed E-state index contributed by atoms with van der Waals surface area (Å²) in [7, 11) is 0. The number of allylic oxidation sites excluding steroid dienone is 1. The lowest BCUT2D eigenvalue weighted by Gasteiger charge is -2.39. The maximum absolute atomic E-state index is 13.6. The van der Waals surface area contributed by atoms with Crippen LogP contribution in [0.3, 0.4) is 0 Å². The number of rotatable bonds is 14. The van der Waals surface area contributed by atoms with Gasteiger partial charge in [-0.15, -0.1) is 0 Å². The smallest absolute Gasteiger partial charge is 0.415 e. The van der Waals surface area contributed by atoms with Gasteiger partial charge in [-0.2, -0.15) is 5.10 Å². The molecule has 0 bridgehead atoms. The molecule has 1 atom stereocenters. The molecule has 2 saturated heterocycles. The van der Waals surface area contributed by atoms with Crippen LogP contribution in [0, 0.1) is 0 Å². The fourth-order valence-electron chi connectivity index (χ4n) is 8.08. The van der Waals surface area contributed by atoms with Crippen LogP contribution in [0.2, 0.25) is 0 Å². The number of hydrogen-bond donors (Lipinski definition) is 3. The minimum atomic E-state index is -0.345. The first-order chi connectivity index (χ1) is 29.1. The van der Waals surface area contributed by atoms with Gasteiger partial charge in [0.25, 0.3) is 11.8 Å². The van der Waals surface area contributed by atoms with Crippen LogP contribution in [-0.2, 0) is 42.1 Å². The third kappa shape index (κ3) is 10.0. The minimum absolute atomic E-state index is 0.0229. The van der Waals surface area contributed by atoms with Crippen molar-refractivity contribution in [3.63, 3.8) is 0 Å². The first-order valence-electron chi connectivity index (χ1n) is 21.0. The summed E-state index contributed by atoms with van der Waals surface area (Å²) in [5, 5.41) is 15.4. The normalized spacial score (nSPS) is 16.1. The molecule has 314 valence electrons. The molecule has 13 heteroatoms. The predicted octanol–water partition coefficient (Wildman–Crippen LogP) is 7.31. The number of amides is 3. The van der Waals surface area contributed by atoms with E-state index in [1.54, 1.807) is 36.1 Å². The number of nitrogens with zero attached hydrogens (tertiary/aromatic N) is 5. The van der Waals surface area contributed by atoms with E-state index in [0.29, 0.717) is 56.2 Å². The highest BCUT2D eigenvalue weighted by Gasteiger charge is 2.29. The van der Waals surface area contributed by atoms with Gasteiger partial charge in [-0.05, 0) is 92.6 Å². The van der Waals surface area contributed by atoms with Crippen LogP contribution in [0.1, 0.15) is 83.6 Å². The fourth-order valence-corrected chi connectivity index (χ4v) is 8.08. The molecule has 5 aromatic rings. The van der Waals surface area contributed by atoms with E-state index in [1.165, 1.54) is 5.56 Å². The summed E-state index contributed by atoms with van der Waals surface area (Å²) in [6.45, 7) is 17.1. The molecule has 0 spiro atoms. The van der Waals surface area contributed by atoms with E-state index < -0.39 is 0 Å². The zero-order valence-electron chi connectivity index (χ0n) is 35.1. The summed E-state index contributed by atoms with van der Waals surface area (Å²) in [6, 6.07) is 23.7. The van der Waals surface area contributed by atoms with Crippen molar-refractivity contribution in [1.82, 2.24) is 35.2 Å². The number of carbonyl (C=O) groups is 3. The highest BCUT2D eigenvalue weighted by atomic mass is 16.6. The second-order valence-electron chi connectivity index (χ2n) is 15.7. The van der Waals surface area contributed by atoms with Gasteiger partial charge in [-0.3, -0.25) is 14.5 Å². The van der Waals surface area contributed by atoms with Gasteiger partial charge >= 0.3 is 6.09 Å². The Hall–Kier alpha value is -6.05. The van der Waals surface area contributed by atoms with Crippen LogP contribution in [-0.4, -0.2) is 87.4 Å². The van der Waals surface area contributed by atoms with Crippen LogP contribution < -0.4 is 16.0 Å². The van der Waals surface area contributed by atoms with E-state index in [-0.39, 0.29) is 36.5 Å². The molecule has 0 radical (unpaired) electrons. The van der Waals surface area contributed by atoms with Crippen LogP contribution >= 0.6 is 0 Å². The van der Waals surface area contributed by atoms with E-state index in [9.17, 15) is 14.4 Å². The number of ether oxygens (including phenoxy) is 2. The molecule has 2 aromatic heterocycles. The van der Waals surface area contributed by atoms with E-state index in [1.807, 2.05) is 36.9 Å². The molecular formula is C47H56N8O5. The summed E-state index contributed by atoms with van der Waals surface area (Å²) in [5.41, 5.74) is 8.71. The monoisotopic (exact) mass is 812 g/mol. The summed E-state index contributed by atoms with van der Waals surface area (Å²) >= 11 is 0. The van der Waals surface area contributed by atoms with Crippen molar-refractivity contribution in [2.24, 2.45) is 0 Å². The Morgan fingerprint density at radius 3 is 2.22 bits per heavy atom. The van der Waals surface area contributed by atoms with Crippen molar-refractivity contribution < 1.29 is 23.9 Å². The quantitative estimate of drug-likeness (QED) is 0.0985. The van der Waals surface area contributed by atoms with Crippen molar-refractivity contribution >= 4 is 34.6 Å². The average molecular weight is 813 g/mol. The zero-order chi connectivity index (χ0) is 42.2. The summed E-state index contributed by atoms with van der Waals surface area (Å²) in [6.07, 6.45) is 3.99. The van der Waals surface area contributed by atoms with Gasteiger partial charge in [0, 0.05) is 93.5 Å². The second kappa shape index (κ2) is 19.3. The van der Waals surface area contributed by atoms with Crippen LogP contribution in [0.4, 0.5) is 10.5 Å². The minimum Gasteiger partial charge on any atom is -0.416 e. The molecular weight excluding hydrogens is 757 g/mol. The number of piperazine rings is 1. The number of anilines is 1. The average Bonchev–Trinajstić information content (AvgIpc) is 3.68. The van der Waals surface area contributed by atoms with Gasteiger partial charge in [-0.1, -0.05) is 56.0 Å². The van der Waals surface area contributed by atoms with Crippen LogP contribution in [0.15, 0.2) is 91.3 Å². The van der Waals surface area contributed by atoms with Gasteiger partial charge in [-0.25, -0.2) is 14.5 Å². The third-order valence-electron chi connectivity index (χ3n) is 11.2. The first-order valence-corrected chi connectivity index (χ1v) is 21.0. The molecule has 2 fully saturated rings. The van der Waals surface area contributed by atoms with E-state index >= 15 is 0 Å². The Kier molecular flexibility index (Phi) is 13.6. The van der Waals surface area contributed by atoms with Crippen molar-refractivity contribution in [3.8, 4) is 11.1 Å². The molecule has 2 aliphatic rings. The van der Waals surface area contributed by atoms with Gasteiger partial charge < -0.3 is 30.3 Å². The molecule has 2 aliphatic heterocycles. The summed E-state index contributed by atoms with van der Waals surface area (Å²) < 4.78 is 12.8. The fraction of sp³-hybridized carbons (Fsp3) is 0.383. The molecule has 0 aliphatic carbocycles. The Morgan fingerprint density at radius 2 is 1.55 bits per heavy atom. The molecule has 4 heterocycles. The summed E-state index contributed by atoms with van der Waals surface area (Å²) in [4.78, 5) is 48.6. The Balaban J connectivity index is 0.971. The Bertz CT molecular complexity index is 2350. The molecule has 13 nitrogen and oxygen atoms in total. The number of fused-ring (bicyclic) bond motifs is 1. The van der Waals surface area contributed by atoms with E-state index in [2.05, 4.69) is 75.8 Å². The second-order valence-corrected chi connectivity index (χ2v) is 15.7. The molecule has 3 amide bonds. The van der Waals surface area contributed by atoms with Crippen LogP contribution in [0.25, 0.3) is 22.2 Å². The maximum Gasteiger partial charge on any atom is 0.415 e. The highest BCUT2D eigenvalue weighted by molar-refractivity contribution is 6.00. The number of aryl methyl sites for hydroxylation is 2. The lowest BCUT2D eigenvalue weighted by atomic mass is 10.0. The Labute approximate surface area is 352 Å². The number of benzene rings is 3. The number of carbonyl (C=O) groups excluding carboxylic acids is 3. The first kappa shape index (κ1) is 42.1. The largest absolute Gasteiger partial charge is 0.416 e. The zero-order valence-corrected chi connectivity index (χ0v) is 35.1. The summed E-state index contributed by atoms with van der Waals surface area (Å²) in [5.74, 6) is -0.148. The molecule has 7 rings (SSSR count). The lowest BCUT2D eigenvalue weighted by Crippen LogP contribution is -2.53. The lowest BCUT2D eigenvalue weighted by molar-refractivity contribution is 0.0634. The van der Waals surface area contributed by atoms with Gasteiger partial charge in [0.05, 0.1) is 23.0 Å². The number of nitrogens with one attached hydrogen (secondary N) is 3. The molecule has 60 heavy (non-hydrogen) atoms.